The van der Waals surface area contributed by atoms with Gasteiger partial charge in [0.05, 0.1) is 0 Å². The summed E-state index contributed by atoms with van der Waals surface area (Å²) in [5.74, 6) is -0.108. The maximum absolute atomic E-state index is 12.3. The Hall–Kier alpha value is -1.34. The van der Waals surface area contributed by atoms with Gasteiger partial charge in [0, 0.05) is 32.1 Å². The molecule has 1 unspecified atom stereocenters. The third-order valence-electron chi connectivity index (χ3n) is 4.35. The number of halogens is 1. The van der Waals surface area contributed by atoms with Gasteiger partial charge in [-0.05, 0) is 40.2 Å². The minimum absolute atomic E-state index is 0. The van der Waals surface area contributed by atoms with Crippen LogP contribution in [0.5, 0.6) is 0 Å². The third kappa shape index (κ3) is 4.35. The number of nitrogens with one attached hydrogen (secondary N) is 2. The number of hydrogen-bond acceptors (Lipinski definition) is 4. The molecule has 2 saturated heterocycles. The molecule has 23 heavy (non-hydrogen) atoms. The number of urea groups is 1. The second-order valence-electron chi connectivity index (χ2n) is 6.56. The molecule has 132 valence electrons. The van der Waals surface area contributed by atoms with E-state index in [-0.39, 0.29) is 36.3 Å². The van der Waals surface area contributed by atoms with E-state index in [1.54, 1.807) is 13.8 Å². The van der Waals surface area contributed by atoms with Gasteiger partial charge in [0.15, 0.2) is 0 Å². The van der Waals surface area contributed by atoms with Crippen molar-refractivity contribution in [2.45, 2.75) is 51.1 Å². The summed E-state index contributed by atoms with van der Waals surface area (Å²) in [7, 11) is 1.89. The second-order valence-corrected chi connectivity index (χ2v) is 6.56. The summed E-state index contributed by atoms with van der Waals surface area (Å²) in [6.07, 6.45) is 2.96. The van der Waals surface area contributed by atoms with Crippen molar-refractivity contribution >= 4 is 30.3 Å². The van der Waals surface area contributed by atoms with Crippen LogP contribution in [0.15, 0.2) is 0 Å². The van der Waals surface area contributed by atoms with Gasteiger partial charge in [-0.3, -0.25) is 14.5 Å². The SMILES string of the molecule is CNCC1CCCN1C(=O)CCCN1C(=O)NC(C)(C)C1=O.Cl. The molecule has 0 aromatic rings. The normalized spacial score (nSPS) is 23.0. The average molecular weight is 347 g/mol. The molecule has 2 rings (SSSR count). The van der Waals surface area contributed by atoms with E-state index < -0.39 is 5.54 Å². The van der Waals surface area contributed by atoms with E-state index in [0.717, 1.165) is 25.9 Å². The smallest absolute Gasteiger partial charge is 0.325 e. The van der Waals surface area contributed by atoms with Gasteiger partial charge in [-0.25, -0.2) is 4.79 Å². The quantitative estimate of drug-likeness (QED) is 0.695. The zero-order valence-electron chi connectivity index (χ0n) is 14.1. The van der Waals surface area contributed by atoms with E-state index in [9.17, 15) is 14.4 Å². The van der Waals surface area contributed by atoms with Gasteiger partial charge in [0.2, 0.25) is 5.91 Å². The molecule has 2 fully saturated rings. The number of amides is 4. The van der Waals surface area contributed by atoms with Crippen molar-refractivity contribution in [2.75, 3.05) is 26.7 Å². The van der Waals surface area contributed by atoms with Gasteiger partial charge in [-0.2, -0.15) is 0 Å². The van der Waals surface area contributed by atoms with Crippen LogP contribution in [-0.4, -0.2) is 65.9 Å². The summed E-state index contributed by atoms with van der Waals surface area (Å²) in [6.45, 7) is 5.29. The van der Waals surface area contributed by atoms with Crippen molar-refractivity contribution in [3.8, 4) is 0 Å². The number of imide groups is 1. The predicted octanol–water partition coefficient (Wildman–Crippen LogP) is 0.729. The van der Waals surface area contributed by atoms with Crippen molar-refractivity contribution in [2.24, 2.45) is 0 Å². The van der Waals surface area contributed by atoms with Crippen LogP contribution >= 0.6 is 12.4 Å². The first-order chi connectivity index (χ1) is 10.4. The zero-order chi connectivity index (χ0) is 16.3. The number of nitrogens with zero attached hydrogens (tertiary/aromatic N) is 2. The van der Waals surface area contributed by atoms with E-state index in [1.165, 1.54) is 4.90 Å². The van der Waals surface area contributed by atoms with E-state index in [4.69, 9.17) is 0 Å². The van der Waals surface area contributed by atoms with Crippen LogP contribution in [0.1, 0.15) is 39.5 Å². The highest BCUT2D eigenvalue weighted by molar-refractivity contribution is 6.06. The first-order valence-corrected chi connectivity index (χ1v) is 7.95. The van der Waals surface area contributed by atoms with E-state index >= 15 is 0 Å². The fourth-order valence-corrected chi connectivity index (χ4v) is 3.16. The Morgan fingerprint density at radius 1 is 1.39 bits per heavy atom. The molecule has 0 spiro atoms. The first-order valence-electron chi connectivity index (χ1n) is 7.95. The minimum Gasteiger partial charge on any atom is -0.338 e. The molecule has 0 aromatic heterocycles. The highest BCUT2D eigenvalue weighted by Crippen LogP contribution is 2.20. The number of carbonyl (C=O) groups is 3. The van der Waals surface area contributed by atoms with Crippen LogP contribution < -0.4 is 10.6 Å². The summed E-state index contributed by atoms with van der Waals surface area (Å²) in [4.78, 5) is 39.2. The Kier molecular flexibility index (Phi) is 6.83. The molecular weight excluding hydrogens is 320 g/mol. The van der Waals surface area contributed by atoms with Crippen LogP contribution in [0.3, 0.4) is 0 Å². The molecule has 0 radical (unpaired) electrons. The molecule has 7 nitrogen and oxygen atoms in total. The van der Waals surface area contributed by atoms with Crippen LogP contribution in [-0.2, 0) is 9.59 Å². The topological polar surface area (TPSA) is 81.8 Å². The summed E-state index contributed by atoms with van der Waals surface area (Å²) >= 11 is 0. The number of likely N-dealkylation sites (N-methyl/N-ethyl adjacent to an activating group) is 1. The van der Waals surface area contributed by atoms with Crippen molar-refractivity contribution in [1.29, 1.82) is 0 Å². The van der Waals surface area contributed by atoms with Gasteiger partial charge >= 0.3 is 6.03 Å². The van der Waals surface area contributed by atoms with Crippen molar-refractivity contribution in [1.82, 2.24) is 20.4 Å². The molecule has 0 saturated carbocycles. The average Bonchev–Trinajstić information content (AvgIpc) is 2.97. The van der Waals surface area contributed by atoms with Gasteiger partial charge in [0.25, 0.3) is 5.91 Å². The second kappa shape index (κ2) is 7.97. The lowest BCUT2D eigenvalue weighted by atomic mass is 10.1. The number of rotatable bonds is 6. The first kappa shape index (κ1) is 19.7. The molecule has 1 atom stereocenters. The Bertz CT molecular complexity index is 470. The van der Waals surface area contributed by atoms with E-state index in [0.29, 0.717) is 19.4 Å². The highest BCUT2D eigenvalue weighted by Gasteiger charge is 2.43. The van der Waals surface area contributed by atoms with Gasteiger partial charge in [0.1, 0.15) is 5.54 Å². The fraction of sp³-hybridized carbons (Fsp3) is 0.800. The largest absolute Gasteiger partial charge is 0.338 e. The Morgan fingerprint density at radius 3 is 2.65 bits per heavy atom. The Morgan fingerprint density at radius 2 is 2.09 bits per heavy atom. The van der Waals surface area contributed by atoms with Gasteiger partial charge < -0.3 is 15.5 Å². The highest BCUT2D eigenvalue weighted by atomic mass is 35.5. The van der Waals surface area contributed by atoms with Crippen molar-refractivity contribution in [3.05, 3.63) is 0 Å². The van der Waals surface area contributed by atoms with E-state index in [2.05, 4.69) is 10.6 Å². The molecule has 0 aromatic carbocycles. The van der Waals surface area contributed by atoms with Crippen LogP contribution in [0.25, 0.3) is 0 Å². The zero-order valence-corrected chi connectivity index (χ0v) is 14.9. The van der Waals surface area contributed by atoms with Crippen LogP contribution in [0.2, 0.25) is 0 Å². The van der Waals surface area contributed by atoms with Crippen LogP contribution in [0.4, 0.5) is 4.79 Å². The molecule has 8 heteroatoms. The van der Waals surface area contributed by atoms with Crippen LogP contribution in [0, 0.1) is 0 Å². The monoisotopic (exact) mass is 346 g/mol. The lowest BCUT2D eigenvalue weighted by Gasteiger charge is -2.25. The Balaban J connectivity index is 0.00000264. The molecule has 2 heterocycles. The van der Waals surface area contributed by atoms with Gasteiger partial charge in [-0.1, -0.05) is 0 Å². The molecule has 2 N–H and O–H groups in total. The fourth-order valence-electron chi connectivity index (χ4n) is 3.16. The number of hydrogen-bond donors (Lipinski definition) is 2. The standard InChI is InChI=1S/C15H26N4O3.ClH/c1-15(2)13(21)19(14(22)17-15)9-5-7-12(20)18-8-4-6-11(18)10-16-3;/h11,16H,4-10H2,1-3H3,(H,17,22);1H. The summed E-state index contributed by atoms with van der Waals surface area (Å²) in [6, 6.07) is -0.0927. The molecule has 0 bridgehead atoms. The maximum Gasteiger partial charge on any atom is 0.325 e. The summed E-state index contributed by atoms with van der Waals surface area (Å²) in [5.41, 5.74) is -0.839. The molecule has 0 aliphatic carbocycles. The molecular formula is C15H27ClN4O3. The summed E-state index contributed by atoms with van der Waals surface area (Å²) < 4.78 is 0. The maximum atomic E-state index is 12.3. The van der Waals surface area contributed by atoms with Gasteiger partial charge in [-0.15, -0.1) is 12.4 Å². The minimum atomic E-state index is -0.839. The molecule has 2 aliphatic heterocycles. The third-order valence-corrected chi connectivity index (χ3v) is 4.35. The summed E-state index contributed by atoms with van der Waals surface area (Å²) in [5, 5.41) is 5.76. The predicted molar refractivity (Wildman–Crippen MR) is 89.5 cm³/mol. The number of likely N-dealkylation sites (tertiary alicyclic amines) is 1. The van der Waals surface area contributed by atoms with E-state index in [1.807, 2.05) is 11.9 Å². The molecule has 4 amide bonds. The number of carbonyl (C=O) groups excluding carboxylic acids is 3. The lowest BCUT2D eigenvalue weighted by Crippen LogP contribution is -2.41. The van der Waals surface area contributed by atoms with Crippen molar-refractivity contribution in [3.63, 3.8) is 0 Å². The lowest BCUT2D eigenvalue weighted by molar-refractivity contribution is -0.133. The van der Waals surface area contributed by atoms with Crippen molar-refractivity contribution < 1.29 is 14.4 Å². The Labute approximate surface area is 143 Å². The molecule has 2 aliphatic rings.